The molecular formula is C51H80N12O12S. The Bertz CT molecular complexity index is 2420. The van der Waals surface area contributed by atoms with Gasteiger partial charge in [-0.2, -0.15) is 0 Å². The topological polar surface area (TPSA) is 384 Å². The quantitative estimate of drug-likeness (QED) is 0.0274. The van der Waals surface area contributed by atoms with E-state index in [2.05, 4.69) is 46.9 Å². The largest absolute Gasteiger partial charge is 0.445 e. The number of primary amides is 2. The molecule has 0 unspecified atom stereocenters. The molecule has 422 valence electrons. The van der Waals surface area contributed by atoms with Crippen molar-refractivity contribution in [3.63, 3.8) is 0 Å². The average molecular weight is 1090 g/mol. The number of hydrogen-bond acceptors (Lipinski definition) is 13. The normalized spacial score (nSPS) is 14.0. The van der Waals surface area contributed by atoms with Crippen LogP contribution in [-0.4, -0.2) is 117 Å². The van der Waals surface area contributed by atoms with Crippen LogP contribution in [0.3, 0.4) is 0 Å². The summed E-state index contributed by atoms with van der Waals surface area (Å²) < 4.78 is 33.3. The van der Waals surface area contributed by atoms with Crippen molar-refractivity contribution in [1.82, 2.24) is 41.9 Å². The Balaban J connectivity index is 2.30. The van der Waals surface area contributed by atoms with Crippen LogP contribution in [0.15, 0.2) is 64.5 Å². The highest BCUT2D eigenvalue weighted by atomic mass is 32.2. The van der Waals surface area contributed by atoms with E-state index in [4.69, 9.17) is 21.9 Å². The van der Waals surface area contributed by atoms with Gasteiger partial charge in [0.1, 0.15) is 42.9 Å². The first-order valence-corrected chi connectivity index (χ1v) is 26.8. The van der Waals surface area contributed by atoms with Crippen molar-refractivity contribution in [3.05, 3.63) is 65.7 Å². The average Bonchev–Trinajstić information content (AvgIpc) is 3.32. The first kappa shape index (κ1) is 64.8. The summed E-state index contributed by atoms with van der Waals surface area (Å²) in [6.45, 7) is 15.1. The lowest BCUT2D eigenvalue weighted by Gasteiger charge is -2.28. The van der Waals surface area contributed by atoms with Crippen LogP contribution in [0.1, 0.15) is 111 Å². The van der Waals surface area contributed by atoms with Gasteiger partial charge >= 0.3 is 6.09 Å². The number of rotatable bonds is 32. The minimum atomic E-state index is -4.05. The van der Waals surface area contributed by atoms with Crippen molar-refractivity contribution >= 4 is 69.3 Å². The number of carbonyl (C=O) groups is 9. The van der Waals surface area contributed by atoms with Gasteiger partial charge in [-0.25, -0.2) is 17.9 Å². The van der Waals surface area contributed by atoms with Crippen LogP contribution >= 0.6 is 0 Å². The molecule has 0 saturated heterocycles. The number of guanidine groups is 1. The van der Waals surface area contributed by atoms with Crippen LogP contribution in [-0.2, 0) is 59.7 Å². The van der Waals surface area contributed by atoms with Gasteiger partial charge in [-0.1, -0.05) is 103 Å². The van der Waals surface area contributed by atoms with Crippen molar-refractivity contribution in [3.8, 4) is 0 Å². The molecule has 0 bridgehead atoms. The Labute approximate surface area is 445 Å². The number of ether oxygens (including phenoxy) is 1. The molecule has 14 N–H and O–H groups in total. The number of carbonyl (C=O) groups excluding carboxylic acids is 9. The predicted octanol–water partition coefficient (Wildman–Crippen LogP) is 0.749. The highest BCUT2D eigenvalue weighted by Gasteiger charge is 2.33. The second kappa shape index (κ2) is 32.2. The Morgan fingerprint density at radius 2 is 1.08 bits per heavy atom. The summed E-state index contributed by atoms with van der Waals surface area (Å²) in [5.74, 6) is -7.53. The number of aryl methyl sites for hydroxylation is 1. The van der Waals surface area contributed by atoms with Crippen LogP contribution in [0.25, 0.3) is 0 Å². The molecule has 0 saturated carbocycles. The number of nitrogens with two attached hydrogens (primary N) is 3. The van der Waals surface area contributed by atoms with Gasteiger partial charge < -0.3 is 59.2 Å². The Morgan fingerprint density at radius 3 is 1.58 bits per heavy atom. The summed E-state index contributed by atoms with van der Waals surface area (Å²) in [5.41, 5.74) is 18.3. The summed E-state index contributed by atoms with van der Waals surface area (Å²) in [4.78, 5) is 123. The fraction of sp³-hybridized carbons (Fsp3) is 0.569. The first-order valence-electron chi connectivity index (χ1n) is 25.3. The molecule has 2 aromatic carbocycles. The molecule has 0 fully saturated rings. The summed E-state index contributed by atoms with van der Waals surface area (Å²) in [5, 5.41) is 18.0. The van der Waals surface area contributed by atoms with Crippen molar-refractivity contribution in [1.29, 1.82) is 0 Å². The highest BCUT2D eigenvalue weighted by Crippen LogP contribution is 2.14. The number of nitrogens with zero attached hydrogens (tertiary/aromatic N) is 1. The zero-order valence-electron chi connectivity index (χ0n) is 45.0. The summed E-state index contributed by atoms with van der Waals surface area (Å²) in [7, 11) is -4.05. The molecule has 2 aromatic rings. The summed E-state index contributed by atoms with van der Waals surface area (Å²) in [6, 6.07) is 7.41. The number of hydrogen-bond donors (Lipinski definition) is 11. The maximum atomic E-state index is 14.2. The summed E-state index contributed by atoms with van der Waals surface area (Å²) in [6.07, 6.45) is -1.32. The monoisotopic (exact) mass is 1080 g/mol. The van der Waals surface area contributed by atoms with Gasteiger partial charge in [0.05, 0.1) is 11.4 Å². The second-order valence-electron chi connectivity index (χ2n) is 20.1. The zero-order valence-corrected chi connectivity index (χ0v) is 45.8. The number of aliphatic imine (C=N–C) groups is 1. The van der Waals surface area contributed by atoms with Gasteiger partial charge in [-0.3, -0.25) is 43.3 Å². The summed E-state index contributed by atoms with van der Waals surface area (Å²) >= 11 is 0. The van der Waals surface area contributed by atoms with Gasteiger partial charge in [0.25, 0.3) is 10.0 Å². The van der Waals surface area contributed by atoms with E-state index in [0.717, 1.165) is 5.56 Å². The van der Waals surface area contributed by atoms with E-state index >= 15 is 0 Å². The Kier molecular flexibility index (Phi) is 27.5. The molecule has 0 aliphatic heterocycles. The fourth-order valence-electron chi connectivity index (χ4n) is 7.45. The lowest BCUT2D eigenvalue weighted by atomic mass is 9.99. The maximum Gasteiger partial charge on any atom is 0.408 e. The van der Waals surface area contributed by atoms with E-state index in [9.17, 15) is 51.6 Å². The van der Waals surface area contributed by atoms with Gasteiger partial charge in [-0.15, -0.1) is 0 Å². The van der Waals surface area contributed by atoms with Crippen LogP contribution in [0.5, 0.6) is 0 Å². The Morgan fingerprint density at radius 1 is 0.592 bits per heavy atom. The number of amides is 9. The van der Waals surface area contributed by atoms with Crippen LogP contribution in [0, 0.1) is 30.6 Å². The molecular weight excluding hydrogens is 1000 g/mol. The van der Waals surface area contributed by atoms with E-state index in [-0.39, 0.29) is 86.7 Å². The van der Waals surface area contributed by atoms with Gasteiger partial charge in [-0.05, 0) is 86.8 Å². The third kappa shape index (κ3) is 24.8. The fourth-order valence-corrected chi connectivity index (χ4v) is 8.41. The van der Waals surface area contributed by atoms with Crippen molar-refractivity contribution in [2.45, 2.75) is 155 Å². The predicted molar refractivity (Wildman–Crippen MR) is 284 cm³/mol. The van der Waals surface area contributed by atoms with Crippen LogP contribution in [0.2, 0.25) is 0 Å². The molecule has 9 amide bonds. The van der Waals surface area contributed by atoms with Crippen LogP contribution < -0.4 is 59.1 Å². The number of nitrogens with one attached hydrogen (secondary N) is 8. The smallest absolute Gasteiger partial charge is 0.408 e. The van der Waals surface area contributed by atoms with E-state index in [1.54, 1.807) is 90.9 Å². The van der Waals surface area contributed by atoms with Crippen LogP contribution in [0.4, 0.5) is 4.79 Å². The number of alkyl carbamates (subject to hydrolysis) is 1. The first-order chi connectivity index (χ1) is 35.6. The number of benzene rings is 2. The Hall–Kier alpha value is -7.31. The minimum Gasteiger partial charge on any atom is -0.445 e. The number of sulfonamides is 1. The van der Waals surface area contributed by atoms with Crippen molar-refractivity contribution in [2.24, 2.45) is 45.9 Å². The van der Waals surface area contributed by atoms with E-state index in [1.165, 1.54) is 12.1 Å². The third-order valence-electron chi connectivity index (χ3n) is 11.4. The molecule has 76 heavy (non-hydrogen) atoms. The molecule has 24 nitrogen and oxygen atoms in total. The molecule has 0 aromatic heterocycles. The van der Waals surface area contributed by atoms with Gasteiger partial charge in [0, 0.05) is 13.0 Å². The molecule has 0 aliphatic carbocycles. The van der Waals surface area contributed by atoms with E-state index < -0.39 is 112 Å². The molecule has 25 heteroatoms. The molecule has 2 rings (SSSR count). The van der Waals surface area contributed by atoms with E-state index in [1.807, 2.05) is 13.8 Å². The lowest BCUT2D eigenvalue weighted by Crippen LogP contribution is -2.59. The van der Waals surface area contributed by atoms with Gasteiger partial charge in [0.15, 0.2) is 0 Å². The van der Waals surface area contributed by atoms with Crippen molar-refractivity contribution in [2.75, 3.05) is 13.1 Å². The standard InChI is InChI=1S/C51H80N12O12S/c1-29(2)24-38(49(71)62-43(32(7)8)44(53)66)57-42(65)27-56-45(67)37(21-22-41(52)64)58-47(69)39(25-30(3)4)60-48(70)40(26-31(5)6)59-46(68)36(61-51(72)75-28-34-14-11-10-12-15-34)16-13-23-55-50(54)63-76(73,74)35-19-17-33(9)18-20-35/h10-12,14-15,17-20,29-32,36-40,43H,13,16,21-28H2,1-9H3,(H2,52,64)(H2,53,66)(H,56,67)(H,57,65)(H,58,69)(H,59,68)(H,60,70)(H,61,72)(H,62,71)(H3,54,55,63)/t36-,37-,38-,39-,40-,43-/m0/s1. The lowest BCUT2D eigenvalue weighted by molar-refractivity contribution is -0.135. The zero-order chi connectivity index (χ0) is 57.3. The van der Waals surface area contributed by atoms with Crippen molar-refractivity contribution < 1.29 is 56.3 Å². The molecule has 0 heterocycles. The second-order valence-corrected chi connectivity index (χ2v) is 21.8. The molecule has 0 aliphatic rings. The molecule has 0 spiro atoms. The molecule has 6 atom stereocenters. The van der Waals surface area contributed by atoms with E-state index in [0.29, 0.717) is 5.56 Å². The minimum absolute atomic E-state index is 0.0323. The van der Waals surface area contributed by atoms with Gasteiger partial charge in [0.2, 0.25) is 53.2 Å². The highest BCUT2D eigenvalue weighted by molar-refractivity contribution is 7.90. The molecule has 0 radical (unpaired) electrons. The SMILES string of the molecule is Cc1ccc(S(=O)(=O)NC(N)=NCCC[C@H](NC(=O)OCc2ccccc2)C(=O)N[C@@H](CC(C)C)C(=O)N[C@@H](CC(C)C)C(=O)N[C@@H](CCC(N)=O)C(=O)NCC(=O)N[C@@H](CC(C)C)C(=O)N[C@H](C(N)=O)C(C)C)cc1. The maximum absolute atomic E-state index is 14.2. The third-order valence-corrected chi connectivity index (χ3v) is 12.7.